The molecule has 3 amide bonds. The van der Waals surface area contributed by atoms with Crippen molar-refractivity contribution in [1.82, 2.24) is 10.2 Å². The van der Waals surface area contributed by atoms with Crippen LogP contribution in [-0.4, -0.2) is 29.9 Å². The average molecular weight is 421 g/mol. The Morgan fingerprint density at radius 2 is 1.80 bits per heavy atom. The van der Waals surface area contributed by atoms with Crippen molar-refractivity contribution in [2.45, 2.75) is 13.5 Å². The number of nitrogens with zero attached hydrogens (tertiary/aromatic N) is 1. The molecule has 0 aliphatic heterocycles. The van der Waals surface area contributed by atoms with E-state index < -0.39 is 0 Å². The minimum Gasteiger partial charge on any atom is -0.333 e. The molecule has 2 aromatic rings. The first-order valence-corrected chi connectivity index (χ1v) is 9.36. The fourth-order valence-electron chi connectivity index (χ4n) is 2.02. The molecule has 9 heteroatoms. The number of urea groups is 1. The highest BCUT2D eigenvalue weighted by atomic mass is 35.5. The molecule has 0 bridgehead atoms. The molecule has 0 saturated heterocycles. The van der Waals surface area contributed by atoms with Crippen LogP contribution in [0.1, 0.15) is 11.8 Å². The van der Waals surface area contributed by atoms with Crippen LogP contribution in [0, 0.1) is 0 Å². The molecule has 0 radical (unpaired) electrons. The predicted octanol–water partition coefficient (Wildman–Crippen LogP) is 4.88. The van der Waals surface area contributed by atoms with E-state index in [0.29, 0.717) is 33.2 Å². The molecule has 0 atom stereocenters. The summed E-state index contributed by atoms with van der Waals surface area (Å²) in [6.07, 6.45) is 0. The Morgan fingerprint density at radius 1 is 1.12 bits per heavy atom. The first-order chi connectivity index (χ1) is 11.9. The van der Waals surface area contributed by atoms with Crippen molar-refractivity contribution >= 4 is 63.8 Å². The zero-order chi connectivity index (χ0) is 18.4. The van der Waals surface area contributed by atoms with Gasteiger partial charge in [-0.1, -0.05) is 40.9 Å². The van der Waals surface area contributed by atoms with Crippen molar-refractivity contribution in [2.24, 2.45) is 0 Å². The second-order valence-corrected chi connectivity index (χ2v) is 7.64. The number of anilines is 1. The Bertz CT molecular complexity index is 747. The standard InChI is InChI=1S/C16H16Cl3N3O2S/c1-2-22(16(24)20-8-10-6-7-13(19)25-10)9-14(23)21-15-11(17)4-3-5-12(15)18/h3-7H,2,8-9H2,1H3,(H,20,24)(H,21,23). The van der Waals surface area contributed by atoms with Crippen LogP contribution in [0.15, 0.2) is 30.3 Å². The van der Waals surface area contributed by atoms with Crippen molar-refractivity contribution in [3.63, 3.8) is 0 Å². The van der Waals surface area contributed by atoms with Gasteiger partial charge in [-0.15, -0.1) is 11.3 Å². The van der Waals surface area contributed by atoms with Gasteiger partial charge in [0.05, 0.1) is 26.6 Å². The van der Waals surface area contributed by atoms with Gasteiger partial charge in [-0.2, -0.15) is 0 Å². The number of likely N-dealkylation sites (N-methyl/N-ethyl adjacent to an activating group) is 1. The molecule has 1 aromatic carbocycles. The molecule has 1 heterocycles. The molecule has 0 unspecified atom stereocenters. The van der Waals surface area contributed by atoms with E-state index in [1.54, 1.807) is 31.2 Å². The molecule has 0 aliphatic rings. The Labute approximate surface area is 164 Å². The molecule has 25 heavy (non-hydrogen) atoms. The SMILES string of the molecule is CCN(CC(=O)Nc1c(Cl)cccc1Cl)C(=O)NCc1ccc(Cl)s1. The lowest BCUT2D eigenvalue weighted by Gasteiger charge is -2.21. The first-order valence-electron chi connectivity index (χ1n) is 7.41. The van der Waals surface area contributed by atoms with Gasteiger partial charge >= 0.3 is 6.03 Å². The van der Waals surface area contributed by atoms with Gasteiger partial charge in [0.25, 0.3) is 0 Å². The highest BCUT2D eigenvalue weighted by Gasteiger charge is 2.17. The lowest BCUT2D eigenvalue weighted by molar-refractivity contribution is -0.116. The summed E-state index contributed by atoms with van der Waals surface area (Å²) in [6.45, 7) is 2.40. The second kappa shape index (κ2) is 9.29. The topological polar surface area (TPSA) is 61.4 Å². The maximum absolute atomic E-state index is 12.2. The molecule has 2 rings (SSSR count). The summed E-state index contributed by atoms with van der Waals surface area (Å²) in [5.74, 6) is -0.383. The van der Waals surface area contributed by atoms with E-state index in [9.17, 15) is 9.59 Å². The smallest absolute Gasteiger partial charge is 0.318 e. The predicted molar refractivity (Wildman–Crippen MR) is 104 cm³/mol. The number of carbonyl (C=O) groups is 2. The number of para-hydroxylation sites is 1. The van der Waals surface area contributed by atoms with E-state index >= 15 is 0 Å². The molecular weight excluding hydrogens is 405 g/mol. The van der Waals surface area contributed by atoms with Crippen LogP contribution in [0.25, 0.3) is 0 Å². The maximum Gasteiger partial charge on any atom is 0.318 e. The third-order valence-electron chi connectivity index (χ3n) is 3.27. The van der Waals surface area contributed by atoms with E-state index in [2.05, 4.69) is 10.6 Å². The molecule has 0 saturated carbocycles. The Kier molecular flexibility index (Phi) is 7.38. The molecule has 5 nitrogen and oxygen atoms in total. The monoisotopic (exact) mass is 419 g/mol. The van der Waals surface area contributed by atoms with Gasteiger partial charge < -0.3 is 15.5 Å². The zero-order valence-electron chi connectivity index (χ0n) is 13.3. The Hall–Kier alpha value is -1.47. The van der Waals surface area contributed by atoms with Gasteiger partial charge in [-0.3, -0.25) is 4.79 Å². The van der Waals surface area contributed by atoms with Crippen LogP contribution in [0.5, 0.6) is 0 Å². The summed E-state index contributed by atoms with van der Waals surface area (Å²) in [4.78, 5) is 26.7. The van der Waals surface area contributed by atoms with Crippen molar-refractivity contribution in [2.75, 3.05) is 18.4 Å². The summed E-state index contributed by atoms with van der Waals surface area (Å²) >= 11 is 19.3. The van der Waals surface area contributed by atoms with Gasteiger partial charge in [0, 0.05) is 11.4 Å². The van der Waals surface area contributed by atoms with Gasteiger partial charge in [0.2, 0.25) is 5.91 Å². The summed E-state index contributed by atoms with van der Waals surface area (Å²) in [5.41, 5.74) is 0.334. The summed E-state index contributed by atoms with van der Waals surface area (Å²) in [6, 6.07) is 8.21. The molecule has 0 aliphatic carbocycles. The van der Waals surface area contributed by atoms with Crippen molar-refractivity contribution in [1.29, 1.82) is 0 Å². The quantitative estimate of drug-likeness (QED) is 0.699. The number of amides is 3. The molecule has 0 fully saturated rings. The molecule has 0 spiro atoms. The highest BCUT2D eigenvalue weighted by molar-refractivity contribution is 7.16. The molecule has 2 N–H and O–H groups in total. The van der Waals surface area contributed by atoms with Gasteiger partial charge in [0.1, 0.15) is 6.54 Å². The van der Waals surface area contributed by atoms with E-state index in [1.807, 2.05) is 6.07 Å². The number of nitrogens with one attached hydrogen (secondary N) is 2. The van der Waals surface area contributed by atoms with Crippen LogP contribution < -0.4 is 10.6 Å². The average Bonchev–Trinajstić information content (AvgIpc) is 2.99. The molecular formula is C16H16Cl3N3O2S. The number of rotatable bonds is 6. The largest absolute Gasteiger partial charge is 0.333 e. The van der Waals surface area contributed by atoms with Gasteiger partial charge in [-0.25, -0.2) is 4.79 Å². The van der Waals surface area contributed by atoms with Crippen molar-refractivity contribution in [3.05, 3.63) is 49.6 Å². The van der Waals surface area contributed by atoms with Crippen LogP contribution in [0.3, 0.4) is 0 Å². The third-order valence-corrected chi connectivity index (χ3v) is 5.13. The number of hydrogen-bond donors (Lipinski definition) is 2. The fourth-order valence-corrected chi connectivity index (χ4v) is 3.54. The summed E-state index contributed by atoms with van der Waals surface area (Å²) in [5, 5.41) is 6.07. The van der Waals surface area contributed by atoms with Crippen molar-refractivity contribution < 1.29 is 9.59 Å². The fraction of sp³-hybridized carbons (Fsp3) is 0.250. The maximum atomic E-state index is 12.2. The van der Waals surface area contributed by atoms with Crippen LogP contribution in [0.4, 0.5) is 10.5 Å². The molecule has 1 aromatic heterocycles. The minimum atomic E-state index is -0.383. The van der Waals surface area contributed by atoms with E-state index in [-0.39, 0.29) is 18.5 Å². The van der Waals surface area contributed by atoms with Crippen molar-refractivity contribution in [3.8, 4) is 0 Å². The lowest BCUT2D eigenvalue weighted by Crippen LogP contribution is -2.43. The number of benzene rings is 1. The van der Waals surface area contributed by atoms with Crippen LogP contribution in [0.2, 0.25) is 14.4 Å². The summed E-state index contributed by atoms with van der Waals surface area (Å²) < 4.78 is 0.660. The van der Waals surface area contributed by atoms with E-state index in [0.717, 1.165) is 4.88 Å². The number of halogens is 3. The number of hydrogen-bond acceptors (Lipinski definition) is 3. The number of carbonyl (C=O) groups excluding carboxylic acids is 2. The second-order valence-electron chi connectivity index (χ2n) is 5.02. The third kappa shape index (κ3) is 5.78. The van der Waals surface area contributed by atoms with Crippen LogP contribution in [-0.2, 0) is 11.3 Å². The van der Waals surface area contributed by atoms with E-state index in [4.69, 9.17) is 34.8 Å². The van der Waals surface area contributed by atoms with E-state index in [1.165, 1.54) is 16.2 Å². The van der Waals surface area contributed by atoms with Gasteiger partial charge in [-0.05, 0) is 31.2 Å². The lowest BCUT2D eigenvalue weighted by atomic mass is 10.3. The zero-order valence-corrected chi connectivity index (χ0v) is 16.4. The Morgan fingerprint density at radius 3 is 2.36 bits per heavy atom. The van der Waals surface area contributed by atoms with Crippen LogP contribution >= 0.6 is 46.1 Å². The minimum absolute atomic E-state index is 0.116. The first kappa shape index (κ1) is 19.8. The number of thiophene rings is 1. The summed E-state index contributed by atoms with van der Waals surface area (Å²) in [7, 11) is 0. The normalized spacial score (nSPS) is 10.4. The van der Waals surface area contributed by atoms with Gasteiger partial charge in [0.15, 0.2) is 0 Å². The Balaban J connectivity index is 1.91. The highest BCUT2D eigenvalue weighted by Crippen LogP contribution is 2.29. The molecule has 134 valence electrons.